The third-order valence-corrected chi connectivity index (χ3v) is 6.45. The van der Waals surface area contributed by atoms with Crippen LogP contribution in [0, 0.1) is 5.92 Å². The topological polar surface area (TPSA) is 58.6 Å². The van der Waals surface area contributed by atoms with E-state index in [-0.39, 0.29) is 23.1 Å². The van der Waals surface area contributed by atoms with Crippen LogP contribution in [0.2, 0.25) is 0 Å². The third kappa shape index (κ3) is 4.50. The fourth-order valence-corrected chi connectivity index (χ4v) is 4.87. The number of nitrogens with one attached hydrogen (secondary N) is 1. The lowest BCUT2D eigenvalue weighted by Crippen LogP contribution is -2.48. The van der Waals surface area contributed by atoms with Crippen molar-refractivity contribution in [2.24, 2.45) is 5.92 Å². The third-order valence-electron chi connectivity index (χ3n) is 6.45. The highest BCUT2D eigenvalue weighted by Crippen LogP contribution is 2.44. The summed E-state index contributed by atoms with van der Waals surface area (Å²) in [5.74, 6) is 1.09. The minimum Gasteiger partial charge on any atom is -0.496 e. The summed E-state index contributed by atoms with van der Waals surface area (Å²) in [7, 11) is 1.71. The molecule has 0 spiro atoms. The van der Waals surface area contributed by atoms with E-state index in [1.807, 2.05) is 24.0 Å². The lowest BCUT2D eigenvalue weighted by atomic mass is 9.78. The maximum absolute atomic E-state index is 12.9. The van der Waals surface area contributed by atoms with Crippen LogP contribution in [0.5, 0.6) is 5.75 Å². The number of hydrogen-bond donors (Lipinski definition) is 1. The van der Waals surface area contributed by atoms with Gasteiger partial charge in [0, 0.05) is 37.0 Å². The summed E-state index contributed by atoms with van der Waals surface area (Å²) in [6.45, 7) is 4.01. The van der Waals surface area contributed by atoms with Gasteiger partial charge < -0.3 is 15.0 Å². The molecule has 1 saturated carbocycles. The summed E-state index contributed by atoms with van der Waals surface area (Å²) >= 11 is 0. The fourth-order valence-electron chi connectivity index (χ4n) is 4.87. The van der Waals surface area contributed by atoms with Gasteiger partial charge in [0.2, 0.25) is 11.8 Å². The molecule has 2 fully saturated rings. The Labute approximate surface area is 168 Å². The first kappa shape index (κ1) is 20.7. The summed E-state index contributed by atoms with van der Waals surface area (Å²) in [4.78, 5) is 27.0. The Kier molecular flexibility index (Phi) is 6.97. The zero-order chi connectivity index (χ0) is 20.0. The van der Waals surface area contributed by atoms with E-state index < -0.39 is 0 Å². The first-order valence-corrected chi connectivity index (χ1v) is 10.8. The number of para-hydroxylation sites is 1. The monoisotopic (exact) mass is 386 g/mol. The maximum atomic E-state index is 12.9. The highest BCUT2D eigenvalue weighted by Gasteiger charge is 2.39. The first-order chi connectivity index (χ1) is 13.6. The second-order valence-electron chi connectivity index (χ2n) is 8.33. The summed E-state index contributed by atoms with van der Waals surface area (Å²) in [6.07, 6.45) is 7.69. The molecule has 1 aromatic rings. The van der Waals surface area contributed by atoms with Crippen LogP contribution in [0.15, 0.2) is 24.3 Å². The van der Waals surface area contributed by atoms with Gasteiger partial charge in [-0.2, -0.15) is 0 Å². The largest absolute Gasteiger partial charge is 0.496 e. The Morgan fingerprint density at radius 3 is 2.68 bits per heavy atom. The Hall–Kier alpha value is -2.04. The molecule has 1 aliphatic carbocycles. The molecule has 0 bridgehead atoms. The van der Waals surface area contributed by atoms with E-state index in [4.69, 9.17) is 4.74 Å². The summed E-state index contributed by atoms with van der Waals surface area (Å²) < 4.78 is 5.61. The summed E-state index contributed by atoms with van der Waals surface area (Å²) in [5.41, 5.74) is 1.16. The molecule has 2 amide bonds. The molecule has 3 rings (SSSR count). The average Bonchev–Trinajstić information content (AvgIpc) is 3.22. The molecule has 1 atom stereocenters. The van der Waals surface area contributed by atoms with Crippen LogP contribution in [0.4, 0.5) is 0 Å². The number of benzene rings is 1. The van der Waals surface area contributed by atoms with Crippen molar-refractivity contribution in [2.45, 2.75) is 63.7 Å². The van der Waals surface area contributed by atoms with Gasteiger partial charge in [-0.05, 0) is 38.2 Å². The van der Waals surface area contributed by atoms with Crippen molar-refractivity contribution in [1.82, 2.24) is 10.2 Å². The van der Waals surface area contributed by atoms with Gasteiger partial charge in [-0.1, -0.05) is 38.0 Å². The molecule has 1 aliphatic heterocycles. The molecule has 5 nitrogen and oxygen atoms in total. The Morgan fingerprint density at radius 2 is 1.96 bits per heavy atom. The van der Waals surface area contributed by atoms with Crippen LogP contribution in [0.25, 0.3) is 0 Å². The van der Waals surface area contributed by atoms with E-state index >= 15 is 0 Å². The highest BCUT2D eigenvalue weighted by molar-refractivity contribution is 5.81. The van der Waals surface area contributed by atoms with Crippen molar-refractivity contribution in [3.63, 3.8) is 0 Å². The second kappa shape index (κ2) is 9.44. The summed E-state index contributed by atoms with van der Waals surface area (Å²) in [6, 6.07) is 8.20. The van der Waals surface area contributed by atoms with Crippen molar-refractivity contribution in [3.8, 4) is 5.75 Å². The number of rotatable bonds is 7. The van der Waals surface area contributed by atoms with Gasteiger partial charge in [0.25, 0.3) is 0 Å². The van der Waals surface area contributed by atoms with Gasteiger partial charge in [0.05, 0.1) is 13.0 Å². The van der Waals surface area contributed by atoms with E-state index in [1.54, 1.807) is 7.11 Å². The van der Waals surface area contributed by atoms with Crippen LogP contribution in [-0.2, 0) is 15.0 Å². The molecular formula is C23H34N2O3. The van der Waals surface area contributed by atoms with Crippen molar-refractivity contribution in [2.75, 3.05) is 26.7 Å². The standard InChI is InChI=1S/C23H34N2O3/c1-3-9-21(26)25-15-8-10-18(16-25)22(27)24-17-23(13-6-7-14-23)19-11-4-5-12-20(19)28-2/h4-5,11-12,18H,3,6-10,13-17H2,1-2H3,(H,24,27). The molecule has 1 saturated heterocycles. The fraction of sp³-hybridized carbons (Fsp3) is 0.652. The van der Waals surface area contributed by atoms with E-state index in [2.05, 4.69) is 17.4 Å². The number of ether oxygens (including phenoxy) is 1. The molecule has 1 N–H and O–H groups in total. The second-order valence-corrected chi connectivity index (χ2v) is 8.33. The molecule has 5 heteroatoms. The number of likely N-dealkylation sites (tertiary alicyclic amines) is 1. The minimum atomic E-state index is -0.0920. The van der Waals surface area contributed by atoms with Gasteiger partial charge in [-0.25, -0.2) is 0 Å². The molecule has 28 heavy (non-hydrogen) atoms. The smallest absolute Gasteiger partial charge is 0.224 e. The number of piperidine rings is 1. The normalized spacial score (nSPS) is 21.4. The van der Waals surface area contributed by atoms with Crippen molar-refractivity contribution in [1.29, 1.82) is 0 Å². The maximum Gasteiger partial charge on any atom is 0.224 e. The number of hydrogen-bond acceptors (Lipinski definition) is 3. The molecule has 0 radical (unpaired) electrons. The van der Waals surface area contributed by atoms with Gasteiger partial charge in [-0.3, -0.25) is 9.59 Å². The van der Waals surface area contributed by atoms with E-state index in [0.29, 0.717) is 19.5 Å². The van der Waals surface area contributed by atoms with Crippen LogP contribution < -0.4 is 10.1 Å². The number of nitrogens with zero attached hydrogens (tertiary/aromatic N) is 1. The quantitative estimate of drug-likeness (QED) is 0.778. The Morgan fingerprint density at radius 1 is 1.21 bits per heavy atom. The van der Waals surface area contributed by atoms with Crippen LogP contribution >= 0.6 is 0 Å². The van der Waals surface area contributed by atoms with E-state index in [9.17, 15) is 9.59 Å². The number of methoxy groups -OCH3 is 1. The Bertz CT molecular complexity index is 682. The van der Waals surface area contributed by atoms with Gasteiger partial charge in [0.1, 0.15) is 5.75 Å². The lowest BCUT2D eigenvalue weighted by molar-refractivity contribution is -0.135. The lowest BCUT2D eigenvalue weighted by Gasteiger charge is -2.34. The SMILES string of the molecule is CCCC(=O)N1CCCC(C(=O)NCC2(c3ccccc3OC)CCCC2)C1. The van der Waals surface area contributed by atoms with Crippen molar-refractivity contribution < 1.29 is 14.3 Å². The predicted octanol–water partition coefficient (Wildman–Crippen LogP) is 3.66. The zero-order valence-electron chi connectivity index (χ0n) is 17.3. The molecule has 1 heterocycles. The highest BCUT2D eigenvalue weighted by atomic mass is 16.5. The van der Waals surface area contributed by atoms with Crippen molar-refractivity contribution >= 4 is 11.8 Å². The van der Waals surface area contributed by atoms with Crippen molar-refractivity contribution in [3.05, 3.63) is 29.8 Å². The van der Waals surface area contributed by atoms with Gasteiger partial charge >= 0.3 is 0 Å². The van der Waals surface area contributed by atoms with E-state index in [0.717, 1.165) is 44.4 Å². The van der Waals surface area contributed by atoms with Crippen LogP contribution in [0.3, 0.4) is 0 Å². The molecular weight excluding hydrogens is 352 g/mol. The van der Waals surface area contributed by atoms with Crippen LogP contribution in [-0.4, -0.2) is 43.5 Å². The first-order valence-electron chi connectivity index (χ1n) is 10.8. The zero-order valence-corrected chi connectivity index (χ0v) is 17.3. The number of amides is 2. The molecule has 1 aromatic carbocycles. The molecule has 2 aliphatic rings. The molecule has 154 valence electrons. The summed E-state index contributed by atoms with van der Waals surface area (Å²) in [5, 5.41) is 3.24. The van der Waals surface area contributed by atoms with E-state index in [1.165, 1.54) is 18.4 Å². The predicted molar refractivity (Wildman–Crippen MR) is 110 cm³/mol. The van der Waals surface area contributed by atoms with Crippen LogP contribution in [0.1, 0.15) is 63.9 Å². The number of carbonyl (C=O) groups excluding carboxylic acids is 2. The average molecular weight is 387 g/mol. The molecule has 1 unspecified atom stereocenters. The van der Waals surface area contributed by atoms with Gasteiger partial charge in [-0.15, -0.1) is 0 Å². The van der Waals surface area contributed by atoms with Gasteiger partial charge in [0.15, 0.2) is 0 Å². The Balaban J connectivity index is 1.65. The number of carbonyl (C=O) groups is 2. The minimum absolute atomic E-state index is 0.0470. The molecule has 0 aromatic heterocycles.